The fourth-order valence-corrected chi connectivity index (χ4v) is 3.02. The second-order valence-electron chi connectivity index (χ2n) is 5.76. The van der Waals surface area contributed by atoms with Gasteiger partial charge in [0, 0.05) is 37.6 Å². The molecule has 0 bridgehead atoms. The molecule has 0 spiro atoms. The van der Waals surface area contributed by atoms with E-state index in [2.05, 4.69) is 15.2 Å². The highest BCUT2D eigenvalue weighted by atomic mass is 19.1. The van der Waals surface area contributed by atoms with Gasteiger partial charge in [-0.1, -0.05) is 18.2 Å². The number of nitrogens with zero attached hydrogens (tertiary/aromatic N) is 4. The molecule has 1 aliphatic rings. The summed E-state index contributed by atoms with van der Waals surface area (Å²) in [4.78, 5) is 20.4. The Labute approximate surface area is 137 Å². The zero-order valence-electron chi connectivity index (χ0n) is 12.9. The van der Waals surface area contributed by atoms with Crippen molar-refractivity contribution in [1.29, 1.82) is 0 Å². The van der Waals surface area contributed by atoms with Gasteiger partial charge in [-0.25, -0.2) is 4.39 Å². The van der Waals surface area contributed by atoms with Crippen molar-refractivity contribution in [1.82, 2.24) is 20.1 Å². The summed E-state index contributed by atoms with van der Waals surface area (Å²) in [5.74, 6) is -0.432. The van der Waals surface area contributed by atoms with Crippen molar-refractivity contribution < 1.29 is 9.18 Å². The van der Waals surface area contributed by atoms with Crippen LogP contribution in [0.25, 0.3) is 10.9 Å². The van der Waals surface area contributed by atoms with Gasteiger partial charge >= 0.3 is 0 Å². The van der Waals surface area contributed by atoms with E-state index in [4.69, 9.17) is 0 Å². The molecule has 1 aliphatic heterocycles. The van der Waals surface area contributed by atoms with Gasteiger partial charge in [0.1, 0.15) is 5.82 Å². The van der Waals surface area contributed by atoms with E-state index in [1.807, 2.05) is 29.2 Å². The molecule has 2 aromatic heterocycles. The molecule has 1 saturated heterocycles. The van der Waals surface area contributed by atoms with Crippen LogP contribution in [0.1, 0.15) is 10.5 Å². The number of para-hydroxylation sites is 1. The summed E-state index contributed by atoms with van der Waals surface area (Å²) in [6, 6.07) is 9.05. The minimum absolute atomic E-state index is 0.0792. The molecule has 24 heavy (non-hydrogen) atoms. The fourth-order valence-electron chi connectivity index (χ4n) is 3.02. The maximum absolute atomic E-state index is 13.3. The third kappa shape index (κ3) is 2.58. The van der Waals surface area contributed by atoms with Crippen LogP contribution in [-0.2, 0) is 0 Å². The summed E-state index contributed by atoms with van der Waals surface area (Å²) in [5.41, 5.74) is 2.05. The van der Waals surface area contributed by atoms with Crippen LogP contribution in [0.5, 0.6) is 0 Å². The van der Waals surface area contributed by atoms with E-state index >= 15 is 0 Å². The first kappa shape index (κ1) is 14.6. The van der Waals surface area contributed by atoms with E-state index in [1.54, 1.807) is 11.1 Å². The largest absolute Gasteiger partial charge is 0.367 e. The lowest BCUT2D eigenvalue weighted by molar-refractivity contribution is 0.0742. The van der Waals surface area contributed by atoms with Gasteiger partial charge < -0.3 is 9.80 Å². The fraction of sp³-hybridized carbons (Fsp3) is 0.235. The van der Waals surface area contributed by atoms with Gasteiger partial charge in [-0.2, -0.15) is 5.10 Å². The van der Waals surface area contributed by atoms with Gasteiger partial charge in [-0.3, -0.25) is 14.9 Å². The highest BCUT2D eigenvalue weighted by molar-refractivity contribution is 6.04. The summed E-state index contributed by atoms with van der Waals surface area (Å²) >= 11 is 0. The van der Waals surface area contributed by atoms with Crippen molar-refractivity contribution >= 4 is 22.5 Å². The van der Waals surface area contributed by atoms with Crippen LogP contribution in [-0.4, -0.2) is 52.2 Å². The number of hydrogen-bond donors (Lipinski definition) is 1. The number of anilines is 1. The van der Waals surface area contributed by atoms with Crippen molar-refractivity contribution in [2.24, 2.45) is 0 Å². The Bertz CT molecular complexity index is 885. The Morgan fingerprint density at radius 3 is 2.71 bits per heavy atom. The minimum atomic E-state index is -0.353. The second kappa shape index (κ2) is 5.92. The summed E-state index contributed by atoms with van der Waals surface area (Å²) in [6.07, 6.45) is 2.83. The average molecular weight is 325 g/mol. The van der Waals surface area contributed by atoms with Gasteiger partial charge in [-0.15, -0.1) is 0 Å². The van der Waals surface area contributed by atoms with E-state index in [9.17, 15) is 9.18 Å². The number of nitrogens with one attached hydrogen (secondary N) is 1. The summed E-state index contributed by atoms with van der Waals surface area (Å²) in [6.45, 7) is 2.41. The first-order chi connectivity index (χ1) is 11.7. The molecule has 3 aromatic rings. The van der Waals surface area contributed by atoms with Crippen LogP contribution < -0.4 is 4.90 Å². The Balaban J connectivity index is 1.48. The standard InChI is InChI=1S/C17H16FN5O/c18-12-9-13(11-19-10-12)22-5-7-23(8-6-22)17(24)16-14-3-1-2-4-15(14)20-21-16/h1-4,9-11H,5-8H2,(H,20,21). The van der Waals surface area contributed by atoms with Crippen LogP contribution in [0.3, 0.4) is 0 Å². The van der Waals surface area contributed by atoms with Gasteiger partial charge in [0.15, 0.2) is 5.69 Å². The maximum atomic E-state index is 13.3. The first-order valence-electron chi connectivity index (χ1n) is 7.80. The molecule has 0 aliphatic carbocycles. The number of amides is 1. The third-order valence-electron chi connectivity index (χ3n) is 4.30. The molecule has 7 heteroatoms. The van der Waals surface area contributed by atoms with Crippen molar-refractivity contribution in [3.8, 4) is 0 Å². The second-order valence-corrected chi connectivity index (χ2v) is 5.76. The summed E-state index contributed by atoms with van der Waals surface area (Å²) < 4.78 is 13.3. The Morgan fingerprint density at radius 1 is 1.12 bits per heavy atom. The lowest BCUT2D eigenvalue weighted by Crippen LogP contribution is -2.49. The number of H-pyrrole nitrogens is 1. The monoisotopic (exact) mass is 325 g/mol. The number of benzene rings is 1. The third-order valence-corrected chi connectivity index (χ3v) is 4.30. The van der Waals surface area contributed by atoms with Crippen molar-refractivity contribution in [2.45, 2.75) is 0 Å². The number of piperazine rings is 1. The van der Waals surface area contributed by atoms with Gasteiger partial charge in [0.25, 0.3) is 5.91 Å². The number of aromatic nitrogens is 3. The Morgan fingerprint density at radius 2 is 1.92 bits per heavy atom. The topological polar surface area (TPSA) is 65.1 Å². The Hall–Kier alpha value is -2.96. The molecule has 1 amide bonds. The lowest BCUT2D eigenvalue weighted by Gasteiger charge is -2.35. The van der Waals surface area contributed by atoms with E-state index in [0.717, 1.165) is 16.6 Å². The highest BCUT2D eigenvalue weighted by Gasteiger charge is 2.25. The lowest BCUT2D eigenvalue weighted by atomic mass is 10.2. The van der Waals surface area contributed by atoms with Crippen LogP contribution in [0.4, 0.5) is 10.1 Å². The van der Waals surface area contributed by atoms with Crippen molar-refractivity contribution in [2.75, 3.05) is 31.1 Å². The molecule has 6 nitrogen and oxygen atoms in total. The van der Waals surface area contributed by atoms with Crippen LogP contribution in [0.2, 0.25) is 0 Å². The van der Waals surface area contributed by atoms with Crippen LogP contribution in [0, 0.1) is 5.82 Å². The Kier molecular flexibility index (Phi) is 3.60. The smallest absolute Gasteiger partial charge is 0.275 e. The van der Waals surface area contributed by atoms with Gasteiger partial charge in [0.05, 0.1) is 23.6 Å². The average Bonchev–Trinajstić information content (AvgIpc) is 3.05. The van der Waals surface area contributed by atoms with Crippen molar-refractivity contribution in [3.05, 3.63) is 54.2 Å². The number of rotatable bonds is 2. The maximum Gasteiger partial charge on any atom is 0.275 e. The SMILES string of the molecule is O=C(c1n[nH]c2ccccc12)N1CCN(c2cncc(F)c2)CC1. The number of halogens is 1. The van der Waals surface area contributed by atoms with E-state index in [1.165, 1.54) is 12.3 Å². The summed E-state index contributed by atoms with van der Waals surface area (Å²) in [7, 11) is 0. The summed E-state index contributed by atoms with van der Waals surface area (Å²) in [5, 5.41) is 7.89. The molecule has 1 aromatic carbocycles. The van der Waals surface area contributed by atoms with Crippen molar-refractivity contribution in [3.63, 3.8) is 0 Å². The number of carbonyl (C=O) groups excluding carboxylic acids is 1. The molecular weight excluding hydrogens is 309 g/mol. The molecule has 0 radical (unpaired) electrons. The zero-order valence-corrected chi connectivity index (χ0v) is 12.9. The number of hydrogen-bond acceptors (Lipinski definition) is 4. The molecule has 0 atom stereocenters. The number of fused-ring (bicyclic) bond motifs is 1. The van der Waals surface area contributed by atoms with Crippen LogP contribution >= 0.6 is 0 Å². The molecule has 0 unspecified atom stereocenters. The minimum Gasteiger partial charge on any atom is -0.367 e. The highest BCUT2D eigenvalue weighted by Crippen LogP contribution is 2.20. The van der Waals surface area contributed by atoms with E-state index < -0.39 is 0 Å². The molecule has 122 valence electrons. The van der Waals surface area contributed by atoms with E-state index in [0.29, 0.717) is 31.9 Å². The van der Waals surface area contributed by atoms with Crippen LogP contribution in [0.15, 0.2) is 42.7 Å². The van der Waals surface area contributed by atoms with E-state index in [-0.39, 0.29) is 11.7 Å². The normalized spacial score (nSPS) is 15.0. The van der Waals surface area contributed by atoms with Gasteiger partial charge in [0.2, 0.25) is 0 Å². The van der Waals surface area contributed by atoms with Gasteiger partial charge in [-0.05, 0) is 6.07 Å². The zero-order chi connectivity index (χ0) is 16.5. The first-order valence-corrected chi connectivity index (χ1v) is 7.80. The predicted octanol–water partition coefficient (Wildman–Crippen LogP) is 2.06. The molecule has 1 N–H and O–H groups in total. The quantitative estimate of drug-likeness (QED) is 0.783. The molecule has 4 rings (SSSR count). The molecule has 1 fully saturated rings. The predicted molar refractivity (Wildman–Crippen MR) is 88.4 cm³/mol. The number of pyridine rings is 1. The molecule has 3 heterocycles. The molecular formula is C17H16FN5O. The molecule has 0 saturated carbocycles. The number of carbonyl (C=O) groups is 1. The number of aromatic amines is 1.